The maximum atomic E-state index is 4.38. The van der Waals surface area contributed by atoms with E-state index in [2.05, 4.69) is 55.3 Å². The number of hydrogen-bond donors (Lipinski definition) is 1. The van der Waals surface area contributed by atoms with Crippen LogP contribution in [0.15, 0.2) is 36.5 Å². The molecule has 0 saturated carbocycles. The molecule has 0 saturated heterocycles. The van der Waals surface area contributed by atoms with E-state index in [0.29, 0.717) is 0 Å². The zero-order valence-corrected chi connectivity index (χ0v) is 10.6. The first-order chi connectivity index (χ1) is 8.18. The third-order valence-corrected chi connectivity index (χ3v) is 3.17. The Kier molecular flexibility index (Phi) is 3.43. The lowest BCUT2D eigenvalue weighted by Gasteiger charge is -2.12. The zero-order valence-electron chi connectivity index (χ0n) is 10.6. The lowest BCUT2D eigenvalue weighted by molar-refractivity contribution is 1.01. The summed E-state index contributed by atoms with van der Waals surface area (Å²) >= 11 is 0. The van der Waals surface area contributed by atoms with Crippen LogP contribution < -0.4 is 5.32 Å². The highest BCUT2D eigenvalue weighted by Gasteiger charge is 2.02. The molecule has 1 aromatic carbocycles. The second-order valence-electron chi connectivity index (χ2n) is 4.37. The van der Waals surface area contributed by atoms with E-state index in [1.165, 1.54) is 22.4 Å². The summed E-state index contributed by atoms with van der Waals surface area (Å²) in [6.45, 7) is 7.14. The van der Waals surface area contributed by atoms with Gasteiger partial charge in [0, 0.05) is 11.9 Å². The van der Waals surface area contributed by atoms with E-state index in [1.54, 1.807) is 0 Å². The molecule has 0 aliphatic carbocycles. The quantitative estimate of drug-likeness (QED) is 0.864. The van der Waals surface area contributed by atoms with Crippen LogP contribution in [0.1, 0.15) is 22.4 Å². The molecule has 0 aliphatic rings. The van der Waals surface area contributed by atoms with E-state index in [4.69, 9.17) is 0 Å². The van der Waals surface area contributed by atoms with Gasteiger partial charge in [-0.2, -0.15) is 0 Å². The van der Waals surface area contributed by atoms with E-state index in [-0.39, 0.29) is 0 Å². The third kappa shape index (κ3) is 2.64. The summed E-state index contributed by atoms with van der Waals surface area (Å²) in [6.07, 6.45) is 1.84. The fourth-order valence-electron chi connectivity index (χ4n) is 1.83. The van der Waals surface area contributed by atoms with E-state index in [1.807, 2.05) is 12.3 Å². The minimum Gasteiger partial charge on any atom is -0.379 e. The Hall–Kier alpha value is -1.83. The average molecular weight is 226 g/mol. The van der Waals surface area contributed by atoms with Crippen LogP contribution in [-0.2, 0) is 6.54 Å². The average Bonchev–Trinajstić information content (AvgIpc) is 2.33. The highest BCUT2D eigenvalue weighted by Crippen LogP contribution is 2.18. The standard InChI is InChI=1S/C15H18N2/c1-11-6-4-8-14(13(11)3)17-10-15-12(2)7-5-9-16-15/h4-9,17H,10H2,1-3H3. The lowest BCUT2D eigenvalue weighted by Crippen LogP contribution is -2.05. The first-order valence-corrected chi connectivity index (χ1v) is 5.89. The van der Waals surface area contributed by atoms with Crippen molar-refractivity contribution in [1.29, 1.82) is 0 Å². The van der Waals surface area contributed by atoms with Crippen molar-refractivity contribution < 1.29 is 0 Å². The smallest absolute Gasteiger partial charge is 0.0623 e. The van der Waals surface area contributed by atoms with Gasteiger partial charge in [-0.05, 0) is 49.6 Å². The summed E-state index contributed by atoms with van der Waals surface area (Å²) in [5.74, 6) is 0. The van der Waals surface area contributed by atoms with E-state index < -0.39 is 0 Å². The molecule has 2 rings (SSSR count). The largest absolute Gasteiger partial charge is 0.379 e. The van der Waals surface area contributed by atoms with Crippen LogP contribution in [0.3, 0.4) is 0 Å². The van der Waals surface area contributed by atoms with Gasteiger partial charge in [0.25, 0.3) is 0 Å². The molecule has 0 bridgehead atoms. The Morgan fingerprint density at radius 2 is 1.76 bits per heavy atom. The predicted molar refractivity (Wildman–Crippen MR) is 72.2 cm³/mol. The van der Waals surface area contributed by atoms with Gasteiger partial charge in [-0.15, -0.1) is 0 Å². The molecular formula is C15H18N2. The highest BCUT2D eigenvalue weighted by atomic mass is 14.9. The number of nitrogens with one attached hydrogen (secondary N) is 1. The first-order valence-electron chi connectivity index (χ1n) is 5.89. The van der Waals surface area contributed by atoms with Gasteiger partial charge in [-0.1, -0.05) is 18.2 Å². The summed E-state index contributed by atoms with van der Waals surface area (Å²) < 4.78 is 0. The molecular weight excluding hydrogens is 208 g/mol. The number of anilines is 1. The molecule has 0 radical (unpaired) electrons. The Bertz CT molecular complexity index is 518. The second-order valence-corrected chi connectivity index (χ2v) is 4.37. The van der Waals surface area contributed by atoms with Gasteiger partial charge in [0.1, 0.15) is 0 Å². The molecule has 88 valence electrons. The topological polar surface area (TPSA) is 24.9 Å². The Labute approximate surface area is 103 Å². The summed E-state index contributed by atoms with van der Waals surface area (Å²) in [7, 11) is 0. The van der Waals surface area contributed by atoms with Gasteiger partial charge in [-0.25, -0.2) is 0 Å². The van der Waals surface area contributed by atoms with Crippen molar-refractivity contribution in [3.63, 3.8) is 0 Å². The third-order valence-electron chi connectivity index (χ3n) is 3.17. The maximum Gasteiger partial charge on any atom is 0.0623 e. The zero-order chi connectivity index (χ0) is 12.3. The van der Waals surface area contributed by atoms with Crippen molar-refractivity contribution in [2.75, 3.05) is 5.32 Å². The van der Waals surface area contributed by atoms with Crippen molar-refractivity contribution >= 4 is 5.69 Å². The summed E-state index contributed by atoms with van der Waals surface area (Å²) in [5, 5.41) is 3.45. The van der Waals surface area contributed by atoms with Crippen molar-refractivity contribution in [2.45, 2.75) is 27.3 Å². The molecule has 0 spiro atoms. The van der Waals surface area contributed by atoms with E-state index in [9.17, 15) is 0 Å². The van der Waals surface area contributed by atoms with Crippen LogP contribution in [-0.4, -0.2) is 4.98 Å². The van der Waals surface area contributed by atoms with Crippen molar-refractivity contribution in [2.24, 2.45) is 0 Å². The summed E-state index contributed by atoms with van der Waals surface area (Å²) in [4.78, 5) is 4.38. The summed E-state index contributed by atoms with van der Waals surface area (Å²) in [5.41, 5.74) is 6.14. The molecule has 0 unspecified atom stereocenters. The maximum absolute atomic E-state index is 4.38. The molecule has 0 amide bonds. The van der Waals surface area contributed by atoms with Gasteiger partial charge >= 0.3 is 0 Å². The van der Waals surface area contributed by atoms with Gasteiger partial charge in [-0.3, -0.25) is 4.98 Å². The molecule has 1 aromatic heterocycles. The second kappa shape index (κ2) is 5.00. The van der Waals surface area contributed by atoms with E-state index in [0.717, 1.165) is 12.2 Å². The Morgan fingerprint density at radius 3 is 2.53 bits per heavy atom. The van der Waals surface area contributed by atoms with Gasteiger partial charge in [0.05, 0.1) is 12.2 Å². The van der Waals surface area contributed by atoms with Gasteiger partial charge in [0.15, 0.2) is 0 Å². The highest BCUT2D eigenvalue weighted by molar-refractivity contribution is 5.53. The number of benzene rings is 1. The normalized spacial score (nSPS) is 10.3. The van der Waals surface area contributed by atoms with Gasteiger partial charge in [0.2, 0.25) is 0 Å². The fraction of sp³-hybridized carbons (Fsp3) is 0.267. The molecule has 2 aromatic rings. The van der Waals surface area contributed by atoms with Crippen LogP contribution in [0.5, 0.6) is 0 Å². The Balaban J connectivity index is 2.13. The SMILES string of the molecule is Cc1cccnc1CNc1cccc(C)c1C. The molecule has 1 N–H and O–H groups in total. The lowest BCUT2D eigenvalue weighted by atomic mass is 10.1. The van der Waals surface area contributed by atoms with Crippen LogP contribution in [0.2, 0.25) is 0 Å². The molecule has 17 heavy (non-hydrogen) atoms. The molecule has 0 aliphatic heterocycles. The van der Waals surface area contributed by atoms with E-state index >= 15 is 0 Å². The number of aromatic nitrogens is 1. The van der Waals surface area contributed by atoms with Crippen LogP contribution in [0.25, 0.3) is 0 Å². The number of hydrogen-bond acceptors (Lipinski definition) is 2. The van der Waals surface area contributed by atoms with Crippen molar-refractivity contribution in [3.8, 4) is 0 Å². The van der Waals surface area contributed by atoms with Crippen LogP contribution >= 0.6 is 0 Å². The minimum atomic E-state index is 0.775. The van der Waals surface area contributed by atoms with Crippen LogP contribution in [0.4, 0.5) is 5.69 Å². The molecule has 0 fully saturated rings. The van der Waals surface area contributed by atoms with Crippen molar-refractivity contribution in [1.82, 2.24) is 4.98 Å². The monoisotopic (exact) mass is 226 g/mol. The Morgan fingerprint density at radius 1 is 1.00 bits per heavy atom. The molecule has 1 heterocycles. The number of nitrogens with zero attached hydrogens (tertiary/aromatic N) is 1. The number of aryl methyl sites for hydroxylation is 2. The summed E-state index contributed by atoms with van der Waals surface area (Å²) in [6, 6.07) is 10.4. The van der Waals surface area contributed by atoms with Crippen LogP contribution in [0, 0.1) is 20.8 Å². The molecule has 2 heteroatoms. The molecule has 2 nitrogen and oxygen atoms in total. The number of pyridine rings is 1. The van der Waals surface area contributed by atoms with Gasteiger partial charge < -0.3 is 5.32 Å². The fourth-order valence-corrected chi connectivity index (χ4v) is 1.83. The minimum absolute atomic E-state index is 0.775. The first kappa shape index (κ1) is 11.6. The number of rotatable bonds is 3. The predicted octanol–water partition coefficient (Wildman–Crippen LogP) is 3.62. The molecule has 0 atom stereocenters. The van der Waals surface area contributed by atoms with Crippen molar-refractivity contribution in [3.05, 3.63) is 58.9 Å².